The molecular formula is C15H19N5O3. The molecule has 0 aliphatic rings. The molecule has 0 spiro atoms. The highest BCUT2D eigenvalue weighted by Crippen LogP contribution is 1.98. The number of carbonyl (C=O) groups is 2. The summed E-state index contributed by atoms with van der Waals surface area (Å²) in [5, 5.41) is 1.10. The lowest BCUT2D eigenvalue weighted by molar-refractivity contribution is -0.0760. The van der Waals surface area contributed by atoms with Crippen LogP contribution in [0.3, 0.4) is 0 Å². The summed E-state index contributed by atoms with van der Waals surface area (Å²) >= 11 is 0. The van der Waals surface area contributed by atoms with Gasteiger partial charge < -0.3 is 0 Å². The number of Topliss-reactive ketones (excluding diaryl/α,β-unsaturated/α-hetero) is 1. The molecule has 0 saturated carbocycles. The van der Waals surface area contributed by atoms with Crippen LogP contribution in [0.1, 0.15) is 39.3 Å². The SMILES string of the molecule is CC(=O)c1cnc(C)cn1.CON(C)C(=O)c1cnc(C)cn1. The summed E-state index contributed by atoms with van der Waals surface area (Å²) in [5.74, 6) is -0.359. The van der Waals surface area contributed by atoms with Gasteiger partial charge in [-0.15, -0.1) is 0 Å². The molecule has 0 aliphatic carbocycles. The highest BCUT2D eigenvalue weighted by Gasteiger charge is 2.12. The van der Waals surface area contributed by atoms with Crippen molar-refractivity contribution in [3.8, 4) is 0 Å². The molecule has 2 aromatic rings. The summed E-state index contributed by atoms with van der Waals surface area (Å²) in [5.41, 5.74) is 2.29. The monoisotopic (exact) mass is 317 g/mol. The van der Waals surface area contributed by atoms with Crippen LogP contribution in [0.5, 0.6) is 0 Å². The van der Waals surface area contributed by atoms with Gasteiger partial charge in [-0.3, -0.25) is 24.4 Å². The van der Waals surface area contributed by atoms with Crippen molar-refractivity contribution in [2.75, 3.05) is 14.2 Å². The van der Waals surface area contributed by atoms with E-state index in [-0.39, 0.29) is 17.4 Å². The zero-order chi connectivity index (χ0) is 17.4. The van der Waals surface area contributed by atoms with Gasteiger partial charge in [0.05, 0.1) is 30.9 Å². The first-order valence-electron chi connectivity index (χ1n) is 6.75. The quantitative estimate of drug-likeness (QED) is 0.623. The Hall–Kier alpha value is -2.74. The van der Waals surface area contributed by atoms with E-state index in [0.717, 1.165) is 16.5 Å². The molecule has 0 aliphatic heterocycles. The van der Waals surface area contributed by atoms with Gasteiger partial charge in [-0.05, 0) is 13.8 Å². The van der Waals surface area contributed by atoms with Crippen LogP contribution in [-0.2, 0) is 4.84 Å². The molecule has 0 fully saturated rings. The summed E-state index contributed by atoms with van der Waals surface area (Å²) in [7, 11) is 2.93. The smallest absolute Gasteiger partial charge is 0.293 e. The van der Waals surface area contributed by atoms with Crippen LogP contribution in [0.4, 0.5) is 0 Å². The van der Waals surface area contributed by atoms with E-state index in [1.807, 2.05) is 6.92 Å². The topological polar surface area (TPSA) is 98.2 Å². The number of aryl methyl sites for hydroxylation is 2. The van der Waals surface area contributed by atoms with Crippen molar-refractivity contribution in [1.29, 1.82) is 0 Å². The van der Waals surface area contributed by atoms with E-state index in [0.29, 0.717) is 5.69 Å². The summed E-state index contributed by atoms with van der Waals surface area (Å²) in [6.45, 7) is 5.11. The highest BCUT2D eigenvalue weighted by molar-refractivity contribution is 5.91. The Morgan fingerprint density at radius 2 is 1.39 bits per heavy atom. The standard InChI is InChI=1S/C8H11N3O2.C7H8N2O/c1-6-4-10-7(5-9-6)8(12)11(2)13-3;1-5-3-9-7(4-8-5)6(2)10/h4-5H,1-3H3;3-4H,1-2H3. The van der Waals surface area contributed by atoms with Gasteiger partial charge in [0, 0.05) is 26.4 Å². The number of nitrogens with zero attached hydrogens (tertiary/aromatic N) is 5. The fraction of sp³-hybridized carbons (Fsp3) is 0.333. The average Bonchev–Trinajstić information content (AvgIpc) is 2.55. The van der Waals surface area contributed by atoms with Crippen molar-refractivity contribution >= 4 is 11.7 Å². The Morgan fingerprint density at radius 1 is 0.913 bits per heavy atom. The first-order chi connectivity index (χ1) is 10.8. The molecule has 0 radical (unpaired) electrons. The Morgan fingerprint density at radius 3 is 1.74 bits per heavy atom. The second kappa shape index (κ2) is 8.64. The third-order valence-corrected chi connectivity index (χ3v) is 2.70. The number of hydrogen-bond acceptors (Lipinski definition) is 7. The number of aromatic nitrogens is 4. The molecule has 0 N–H and O–H groups in total. The van der Waals surface area contributed by atoms with Crippen molar-refractivity contribution in [1.82, 2.24) is 25.0 Å². The molecule has 1 amide bonds. The minimum Gasteiger partial charge on any atom is -0.293 e. The van der Waals surface area contributed by atoms with E-state index >= 15 is 0 Å². The van der Waals surface area contributed by atoms with Crippen LogP contribution in [0.15, 0.2) is 24.8 Å². The van der Waals surface area contributed by atoms with Crippen molar-refractivity contribution in [2.24, 2.45) is 0 Å². The molecule has 122 valence electrons. The maximum absolute atomic E-state index is 11.4. The van der Waals surface area contributed by atoms with Crippen molar-refractivity contribution in [2.45, 2.75) is 20.8 Å². The molecule has 8 nitrogen and oxygen atoms in total. The molecule has 2 rings (SSSR count). The number of hydroxylamine groups is 2. The molecule has 2 heterocycles. The third kappa shape index (κ3) is 5.87. The number of carbonyl (C=O) groups excluding carboxylic acids is 2. The van der Waals surface area contributed by atoms with Crippen LogP contribution in [-0.4, -0.2) is 50.8 Å². The fourth-order valence-electron chi connectivity index (χ4n) is 1.32. The van der Waals surface area contributed by atoms with Crippen LogP contribution in [0.25, 0.3) is 0 Å². The molecule has 2 aromatic heterocycles. The van der Waals surface area contributed by atoms with Crippen molar-refractivity contribution < 1.29 is 14.4 Å². The maximum atomic E-state index is 11.4. The van der Waals surface area contributed by atoms with Crippen LogP contribution in [0.2, 0.25) is 0 Å². The van der Waals surface area contributed by atoms with Gasteiger partial charge in [0.2, 0.25) is 0 Å². The lowest BCUT2D eigenvalue weighted by Gasteiger charge is -2.12. The largest absolute Gasteiger partial charge is 0.297 e. The third-order valence-electron chi connectivity index (χ3n) is 2.70. The van der Waals surface area contributed by atoms with Gasteiger partial charge in [-0.1, -0.05) is 0 Å². The molecule has 0 bridgehead atoms. The second-order valence-electron chi connectivity index (χ2n) is 4.63. The highest BCUT2D eigenvalue weighted by atomic mass is 16.7. The molecule has 8 heteroatoms. The van der Waals surface area contributed by atoms with E-state index in [1.165, 1.54) is 39.7 Å². The summed E-state index contributed by atoms with van der Waals surface area (Å²) < 4.78 is 0. The minimum atomic E-state index is -0.310. The Bertz CT molecular complexity index is 656. The predicted molar refractivity (Wildman–Crippen MR) is 82.6 cm³/mol. The van der Waals surface area contributed by atoms with Crippen molar-refractivity contribution in [3.63, 3.8) is 0 Å². The average molecular weight is 317 g/mol. The minimum absolute atomic E-state index is 0.0486. The van der Waals surface area contributed by atoms with Crippen LogP contribution < -0.4 is 0 Å². The van der Waals surface area contributed by atoms with E-state index in [4.69, 9.17) is 4.84 Å². The molecule has 23 heavy (non-hydrogen) atoms. The lowest BCUT2D eigenvalue weighted by Crippen LogP contribution is -2.26. The van der Waals surface area contributed by atoms with E-state index < -0.39 is 0 Å². The summed E-state index contributed by atoms with van der Waals surface area (Å²) in [4.78, 5) is 42.4. The Labute approximate surface area is 134 Å². The van der Waals surface area contributed by atoms with Crippen molar-refractivity contribution in [3.05, 3.63) is 47.6 Å². The number of rotatable bonds is 3. The van der Waals surface area contributed by atoms with Gasteiger partial charge in [0.15, 0.2) is 5.78 Å². The van der Waals surface area contributed by atoms with Gasteiger partial charge in [0.1, 0.15) is 11.4 Å². The summed E-state index contributed by atoms with van der Waals surface area (Å²) in [6, 6.07) is 0. The number of ketones is 1. The zero-order valence-corrected chi connectivity index (χ0v) is 13.8. The molecule has 0 atom stereocenters. The lowest BCUT2D eigenvalue weighted by atomic mass is 10.3. The zero-order valence-electron chi connectivity index (χ0n) is 13.8. The first kappa shape index (κ1) is 18.3. The fourth-order valence-corrected chi connectivity index (χ4v) is 1.32. The van der Waals surface area contributed by atoms with E-state index in [1.54, 1.807) is 13.1 Å². The molecule has 0 saturated heterocycles. The van der Waals surface area contributed by atoms with Gasteiger partial charge >= 0.3 is 0 Å². The Balaban J connectivity index is 0.000000238. The molecule has 0 aromatic carbocycles. The summed E-state index contributed by atoms with van der Waals surface area (Å²) in [6.07, 6.45) is 6.03. The van der Waals surface area contributed by atoms with E-state index in [9.17, 15) is 9.59 Å². The van der Waals surface area contributed by atoms with E-state index in [2.05, 4.69) is 19.9 Å². The van der Waals surface area contributed by atoms with Gasteiger partial charge in [0.25, 0.3) is 5.91 Å². The number of amides is 1. The normalized spacial score (nSPS) is 9.61. The Kier molecular flexibility index (Phi) is 6.88. The van der Waals surface area contributed by atoms with Crippen LogP contribution in [0, 0.1) is 13.8 Å². The first-order valence-corrected chi connectivity index (χ1v) is 6.75. The number of hydrogen-bond donors (Lipinski definition) is 0. The molecular weight excluding hydrogens is 298 g/mol. The predicted octanol–water partition coefficient (Wildman–Crippen LogP) is 1.41. The molecule has 0 unspecified atom stereocenters. The van der Waals surface area contributed by atoms with Crippen LogP contribution >= 0.6 is 0 Å². The van der Waals surface area contributed by atoms with Gasteiger partial charge in [-0.25, -0.2) is 15.0 Å². The maximum Gasteiger partial charge on any atom is 0.297 e. The second-order valence-corrected chi connectivity index (χ2v) is 4.63. The van der Waals surface area contributed by atoms with Gasteiger partial charge in [-0.2, -0.15) is 0 Å².